The van der Waals surface area contributed by atoms with E-state index in [0.29, 0.717) is 36.2 Å². The molecule has 1 aliphatic rings. The van der Waals surface area contributed by atoms with Gasteiger partial charge in [-0.2, -0.15) is 0 Å². The first-order valence-corrected chi connectivity index (χ1v) is 7.89. The summed E-state index contributed by atoms with van der Waals surface area (Å²) in [4.78, 5) is 27.4. The fourth-order valence-electron chi connectivity index (χ4n) is 2.26. The Labute approximate surface area is 149 Å². The molecule has 136 valence electrons. The van der Waals surface area contributed by atoms with Crippen LogP contribution in [0.2, 0.25) is 0 Å². The van der Waals surface area contributed by atoms with Crippen molar-refractivity contribution in [1.29, 1.82) is 0 Å². The molecule has 0 saturated carbocycles. The molecule has 0 radical (unpaired) electrons. The Balaban J connectivity index is 1.63. The van der Waals surface area contributed by atoms with E-state index in [1.54, 1.807) is 30.6 Å². The van der Waals surface area contributed by atoms with E-state index >= 15 is 0 Å². The zero-order chi connectivity index (χ0) is 18.4. The van der Waals surface area contributed by atoms with Gasteiger partial charge in [0, 0.05) is 24.4 Å². The first kappa shape index (κ1) is 17.5. The summed E-state index contributed by atoms with van der Waals surface area (Å²) in [5.74, 6) is -0.361. The smallest absolute Gasteiger partial charge is 0.437 e. The third kappa shape index (κ3) is 4.86. The minimum atomic E-state index is -0.877. The van der Waals surface area contributed by atoms with Crippen LogP contribution in [0.5, 0.6) is 6.01 Å². The molecule has 2 aromatic rings. The molecule has 4 N–H and O–H groups in total. The Kier molecular flexibility index (Phi) is 5.54. The number of aromatic nitrogens is 3. The largest absolute Gasteiger partial charge is 0.458 e. The standard InChI is InChI=1S/C16H18N6O4/c17-14(18)22-16(23)25-8-11-2-1-3-13(21-11)10-6-19-15(20-7-10)26-12-4-5-24-9-12/h1-3,6-7,12H,4-5,8-9H2,(H4,17,18,22,23)/t12-/m0/s1. The molecule has 3 heterocycles. The quantitative estimate of drug-likeness (QED) is 0.579. The van der Waals surface area contributed by atoms with Crippen LogP contribution in [0.1, 0.15) is 12.1 Å². The lowest BCUT2D eigenvalue weighted by Crippen LogP contribution is -2.24. The highest BCUT2D eigenvalue weighted by Crippen LogP contribution is 2.18. The number of guanidine groups is 1. The number of ether oxygens (including phenoxy) is 3. The Bertz CT molecular complexity index is 786. The third-order valence-electron chi connectivity index (χ3n) is 3.45. The minimum absolute atomic E-state index is 0.0118. The zero-order valence-electron chi connectivity index (χ0n) is 13.9. The Morgan fingerprint density at radius 3 is 2.81 bits per heavy atom. The Morgan fingerprint density at radius 1 is 1.31 bits per heavy atom. The molecule has 1 atom stereocenters. The number of carbonyl (C=O) groups is 1. The van der Waals surface area contributed by atoms with Gasteiger partial charge < -0.3 is 25.7 Å². The minimum Gasteiger partial charge on any atom is -0.458 e. The van der Waals surface area contributed by atoms with Crippen molar-refractivity contribution >= 4 is 12.1 Å². The summed E-state index contributed by atoms with van der Waals surface area (Å²) in [5.41, 5.74) is 12.1. The van der Waals surface area contributed by atoms with Crippen molar-refractivity contribution in [2.75, 3.05) is 13.2 Å². The number of carbonyl (C=O) groups excluding carboxylic acids is 1. The van der Waals surface area contributed by atoms with Gasteiger partial charge in [0.05, 0.1) is 24.6 Å². The lowest BCUT2D eigenvalue weighted by atomic mass is 10.2. The SMILES string of the molecule is NC(N)=NC(=O)OCc1cccc(-c2cnc(O[C@H]3CCOC3)nc2)n1. The van der Waals surface area contributed by atoms with E-state index in [4.69, 9.17) is 25.7 Å². The van der Waals surface area contributed by atoms with E-state index < -0.39 is 6.09 Å². The number of nitrogens with zero attached hydrogens (tertiary/aromatic N) is 4. The maximum absolute atomic E-state index is 11.3. The molecule has 1 saturated heterocycles. The Morgan fingerprint density at radius 2 is 2.12 bits per heavy atom. The van der Waals surface area contributed by atoms with Crippen molar-refractivity contribution in [2.24, 2.45) is 16.5 Å². The maximum atomic E-state index is 11.3. The van der Waals surface area contributed by atoms with Gasteiger partial charge >= 0.3 is 12.1 Å². The van der Waals surface area contributed by atoms with E-state index in [2.05, 4.69) is 19.9 Å². The number of hydrogen-bond donors (Lipinski definition) is 2. The van der Waals surface area contributed by atoms with E-state index in [-0.39, 0.29) is 18.7 Å². The van der Waals surface area contributed by atoms with Crippen LogP contribution >= 0.6 is 0 Å². The fraction of sp³-hybridized carbons (Fsp3) is 0.312. The number of pyridine rings is 1. The molecule has 3 rings (SSSR count). The van der Waals surface area contributed by atoms with E-state index in [0.717, 1.165) is 6.42 Å². The van der Waals surface area contributed by atoms with Crippen LogP contribution in [0, 0.1) is 0 Å². The summed E-state index contributed by atoms with van der Waals surface area (Å²) in [5, 5.41) is 0. The van der Waals surface area contributed by atoms with Crippen molar-refractivity contribution in [3.63, 3.8) is 0 Å². The fourth-order valence-corrected chi connectivity index (χ4v) is 2.26. The molecular formula is C16H18N6O4. The third-order valence-corrected chi connectivity index (χ3v) is 3.45. The number of hydrogen-bond acceptors (Lipinski definition) is 7. The predicted molar refractivity (Wildman–Crippen MR) is 91.1 cm³/mol. The molecule has 10 nitrogen and oxygen atoms in total. The number of amides is 1. The summed E-state index contributed by atoms with van der Waals surface area (Å²) in [6, 6.07) is 5.59. The first-order chi connectivity index (χ1) is 12.6. The van der Waals surface area contributed by atoms with Gasteiger partial charge in [0.2, 0.25) is 0 Å². The maximum Gasteiger partial charge on any atom is 0.437 e. The monoisotopic (exact) mass is 358 g/mol. The van der Waals surface area contributed by atoms with Crippen molar-refractivity contribution < 1.29 is 19.0 Å². The van der Waals surface area contributed by atoms with Crippen molar-refractivity contribution in [3.05, 3.63) is 36.3 Å². The van der Waals surface area contributed by atoms with Crippen LogP contribution in [0.25, 0.3) is 11.3 Å². The highest BCUT2D eigenvalue weighted by molar-refractivity contribution is 5.87. The molecule has 1 fully saturated rings. The molecule has 0 bridgehead atoms. The van der Waals surface area contributed by atoms with Gasteiger partial charge in [-0.3, -0.25) is 0 Å². The van der Waals surface area contributed by atoms with Crippen LogP contribution in [-0.2, 0) is 16.1 Å². The molecule has 0 unspecified atom stereocenters. The molecule has 26 heavy (non-hydrogen) atoms. The summed E-state index contributed by atoms with van der Waals surface area (Å²) in [7, 11) is 0. The lowest BCUT2D eigenvalue weighted by Gasteiger charge is -2.10. The summed E-state index contributed by atoms with van der Waals surface area (Å²) >= 11 is 0. The predicted octanol–water partition coefficient (Wildman–Crippen LogP) is 0.616. The highest BCUT2D eigenvalue weighted by atomic mass is 16.6. The van der Waals surface area contributed by atoms with Crippen molar-refractivity contribution in [1.82, 2.24) is 15.0 Å². The van der Waals surface area contributed by atoms with Gasteiger partial charge in [0.25, 0.3) is 0 Å². The van der Waals surface area contributed by atoms with Crippen LogP contribution in [0.4, 0.5) is 4.79 Å². The molecule has 1 amide bonds. The average Bonchev–Trinajstić information content (AvgIpc) is 3.13. The number of rotatable bonds is 5. The molecule has 2 aromatic heterocycles. The molecule has 0 aromatic carbocycles. The van der Waals surface area contributed by atoms with Gasteiger partial charge in [-0.05, 0) is 12.1 Å². The lowest BCUT2D eigenvalue weighted by molar-refractivity contribution is 0.134. The number of nitrogens with two attached hydrogens (primary N) is 2. The van der Waals surface area contributed by atoms with Crippen LogP contribution in [-0.4, -0.2) is 46.3 Å². The first-order valence-electron chi connectivity index (χ1n) is 7.89. The summed E-state index contributed by atoms with van der Waals surface area (Å²) < 4.78 is 15.8. The molecule has 10 heteroatoms. The van der Waals surface area contributed by atoms with Gasteiger partial charge in [-0.1, -0.05) is 6.07 Å². The zero-order valence-corrected chi connectivity index (χ0v) is 13.9. The second kappa shape index (κ2) is 8.21. The highest BCUT2D eigenvalue weighted by Gasteiger charge is 2.18. The summed E-state index contributed by atoms with van der Waals surface area (Å²) in [6.45, 7) is 1.17. The molecule has 0 aliphatic carbocycles. The van der Waals surface area contributed by atoms with Gasteiger partial charge in [0.1, 0.15) is 12.7 Å². The van der Waals surface area contributed by atoms with Crippen LogP contribution in [0.3, 0.4) is 0 Å². The van der Waals surface area contributed by atoms with Crippen LogP contribution in [0.15, 0.2) is 35.6 Å². The van der Waals surface area contributed by atoms with Crippen molar-refractivity contribution in [3.8, 4) is 17.3 Å². The molecule has 1 aliphatic heterocycles. The van der Waals surface area contributed by atoms with Crippen LogP contribution < -0.4 is 16.2 Å². The summed E-state index contributed by atoms with van der Waals surface area (Å²) in [6.07, 6.45) is 3.18. The van der Waals surface area contributed by atoms with E-state index in [9.17, 15) is 4.79 Å². The van der Waals surface area contributed by atoms with Gasteiger partial charge in [-0.15, -0.1) is 4.99 Å². The van der Waals surface area contributed by atoms with Gasteiger partial charge in [-0.25, -0.2) is 19.7 Å². The second-order valence-corrected chi connectivity index (χ2v) is 5.46. The average molecular weight is 358 g/mol. The second-order valence-electron chi connectivity index (χ2n) is 5.46. The normalized spacial score (nSPS) is 16.1. The van der Waals surface area contributed by atoms with Crippen molar-refractivity contribution in [2.45, 2.75) is 19.1 Å². The molecular weight excluding hydrogens is 340 g/mol. The van der Waals surface area contributed by atoms with Gasteiger partial charge in [0.15, 0.2) is 5.96 Å². The topological polar surface area (TPSA) is 148 Å². The van der Waals surface area contributed by atoms with E-state index in [1.165, 1.54) is 0 Å². The molecule has 0 spiro atoms. The number of aliphatic imine (C=N–C) groups is 1. The Hall–Kier alpha value is -3.27. The van der Waals surface area contributed by atoms with E-state index in [1.807, 2.05) is 0 Å².